The Labute approximate surface area is 181 Å². The Morgan fingerprint density at radius 1 is 0.786 bits per heavy atom. The number of aliphatic hydroxyl groups excluding tert-OH is 1. The van der Waals surface area contributed by atoms with Crippen molar-refractivity contribution in [2.75, 3.05) is 6.61 Å². The third-order valence-corrected chi connectivity index (χ3v) is 9.72. The Morgan fingerprint density at radius 2 is 1.21 bits per heavy atom. The summed E-state index contributed by atoms with van der Waals surface area (Å²) < 4.78 is 18.2. The summed E-state index contributed by atoms with van der Waals surface area (Å²) in [5.74, 6) is 0. The van der Waals surface area contributed by atoms with Gasteiger partial charge >= 0.3 is 0 Å². The van der Waals surface area contributed by atoms with Crippen LogP contribution < -0.4 is 0 Å². The second-order valence-electron chi connectivity index (χ2n) is 6.47. The fraction of sp³-hybridized carbons (Fsp3) is 0.350. The van der Waals surface area contributed by atoms with Crippen LogP contribution in [-0.4, -0.2) is 45.7 Å². The zero-order valence-corrected chi connectivity index (χ0v) is 17.9. The first-order chi connectivity index (χ1) is 13.7. The Kier molecular flexibility index (Phi) is 5.91. The molecule has 0 amide bonds. The van der Waals surface area contributed by atoms with E-state index in [1.807, 2.05) is 24.3 Å². The Morgan fingerprint density at radius 3 is 1.64 bits per heavy atom. The van der Waals surface area contributed by atoms with Crippen LogP contribution >= 0.6 is 47.0 Å². The molecule has 1 unspecified atom stereocenters. The maximum absolute atomic E-state index is 9.78. The lowest BCUT2D eigenvalue weighted by molar-refractivity contribution is -0.0577. The van der Waals surface area contributed by atoms with Gasteiger partial charge in [0, 0.05) is 19.6 Å². The van der Waals surface area contributed by atoms with E-state index in [0.29, 0.717) is 0 Å². The van der Waals surface area contributed by atoms with Gasteiger partial charge in [0.15, 0.2) is 9.54 Å². The highest BCUT2D eigenvalue weighted by atomic mass is 32.2. The van der Waals surface area contributed by atoms with Gasteiger partial charge < -0.3 is 19.3 Å². The van der Waals surface area contributed by atoms with E-state index in [-0.39, 0.29) is 16.1 Å². The summed E-state index contributed by atoms with van der Waals surface area (Å²) >= 11 is 6.68. The topological polar surface area (TPSA) is 47.9 Å². The van der Waals surface area contributed by atoms with Gasteiger partial charge in [-0.2, -0.15) is 0 Å². The summed E-state index contributed by atoms with van der Waals surface area (Å²) in [6.45, 7) is 6.05. The molecular formula is C20H18O4S4. The number of rotatable bonds is 5. The lowest BCUT2D eigenvalue weighted by atomic mass is 10.1. The van der Waals surface area contributed by atoms with E-state index < -0.39 is 24.4 Å². The molecule has 2 aromatic carbocycles. The molecule has 0 spiro atoms. The van der Waals surface area contributed by atoms with E-state index in [4.69, 9.17) is 21.1 Å². The molecule has 146 valence electrons. The molecule has 0 aliphatic carbocycles. The number of benzene rings is 2. The van der Waals surface area contributed by atoms with Crippen LogP contribution in [0.2, 0.25) is 0 Å². The number of thioether (sulfide) groups is 4. The molecule has 0 saturated carbocycles. The van der Waals surface area contributed by atoms with Crippen molar-refractivity contribution in [1.29, 1.82) is 0 Å². The normalized spacial score (nSPS) is 29.9. The van der Waals surface area contributed by atoms with Crippen LogP contribution in [-0.2, 0) is 14.2 Å². The summed E-state index contributed by atoms with van der Waals surface area (Å²) in [6.07, 6.45) is -2.00. The summed E-state index contributed by atoms with van der Waals surface area (Å²) in [4.78, 5) is 4.82. The van der Waals surface area contributed by atoms with Gasteiger partial charge in [0.1, 0.15) is 18.3 Å². The standard InChI is InChI=1S/C20H18O4S4/c1-11-17(23-19-25-13-6-2-3-7-14(13)26-19)18(12(10-21)22-11)24-20-27-15-8-4-5-9-16(15)28-20/h1-9,11-12,17-21H,10H2/t11-,12+,17?,18-/m0/s1. The minimum Gasteiger partial charge on any atom is -0.394 e. The van der Waals surface area contributed by atoms with Crippen molar-refractivity contribution in [3.05, 3.63) is 55.5 Å². The van der Waals surface area contributed by atoms with Crippen LogP contribution in [0.1, 0.15) is 0 Å². The van der Waals surface area contributed by atoms with Crippen molar-refractivity contribution in [3.63, 3.8) is 0 Å². The number of fused-ring (bicyclic) bond motifs is 2. The van der Waals surface area contributed by atoms with Crippen molar-refractivity contribution >= 4 is 47.0 Å². The van der Waals surface area contributed by atoms with Gasteiger partial charge in [-0.1, -0.05) is 71.3 Å². The summed E-state index contributed by atoms with van der Waals surface area (Å²) in [5, 5.41) is 9.78. The molecule has 1 N–H and O–H groups in total. The van der Waals surface area contributed by atoms with Gasteiger partial charge in [-0.3, -0.25) is 0 Å². The van der Waals surface area contributed by atoms with Crippen molar-refractivity contribution < 1.29 is 19.3 Å². The predicted octanol–water partition coefficient (Wildman–Crippen LogP) is 4.59. The fourth-order valence-electron chi connectivity index (χ4n) is 3.34. The maximum Gasteiger partial charge on any atom is 0.159 e. The van der Waals surface area contributed by atoms with E-state index in [1.54, 1.807) is 47.0 Å². The van der Waals surface area contributed by atoms with Crippen molar-refractivity contribution in [2.24, 2.45) is 0 Å². The first-order valence-corrected chi connectivity index (χ1v) is 12.4. The molecule has 2 aromatic rings. The highest BCUT2D eigenvalue weighted by molar-refractivity contribution is 8.19. The minimum absolute atomic E-state index is 0.110. The van der Waals surface area contributed by atoms with Gasteiger partial charge in [0.05, 0.1) is 12.7 Å². The Bertz CT molecular complexity index is 800. The second-order valence-corrected chi connectivity index (χ2v) is 11.5. The SMILES string of the molecule is [CH][C@@H]1O[C@H](CO)[C@H](OC2Sc3ccccc3S2)C1OC1Sc2ccccc2S1. The number of hydrogen-bond donors (Lipinski definition) is 1. The van der Waals surface area contributed by atoms with Gasteiger partial charge in [0.2, 0.25) is 0 Å². The summed E-state index contributed by atoms with van der Waals surface area (Å²) in [5.41, 5.74) is 0. The maximum atomic E-state index is 9.78. The molecule has 28 heavy (non-hydrogen) atoms. The molecule has 8 heteroatoms. The molecule has 5 rings (SSSR count). The molecule has 4 nitrogen and oxygen atoms in total. The monoisotopic (exact) mass is 450 g/mol. The first kappa shape index (κ1) is 19.6. The molecule has 3 aliphatic rings. The molecule has 0 aromatic heterocycles. The molecule has 3 aliphatic heterocycles. The van der Waals surface area contributed by atoms with Gasteiger partial charge in [0.25, 0.3) is 0 Å². The number of ether oxygens (including phenoxy) is 3. The zero-order valence-electron chi connectivity index (χ0n) is 14.7. The van der Waals surface area contributed by atoms with Crippen molar-refractivity contribution in [1.82, 2.24) is 0 Å². The van der Waals surface area contributed by atoms with Gasteiger partial charge in [-0.15, -0.1) is 0 Å². The average Bonchev–Trinajstić information content (AvgIpc) is 3.38. The number of aliphatic hydroxyl groups is 1. The van der Waals surface area contributed by atoms with E-state index in [2.05, 4.69) is 24.3 Å². The lowest BCUT2D eigenvalue weighted by Crippen LogP contribution is -2.40. The van der Waals surface area contributed by atoms with Crippen LogP contribution in [0.5, 0.6) is 0 Å². The number of hydrogen-bond acceptors (Lipinski definition) is 8. The predicted molar refractivity (Wildman–Crippen MR) is 114 cm³/mol. The van der Waals surface area contributed by atoms with E-state index >= 15 is 0 Å². The van der Waals surface area contributed by atoms with Crippen LogP contribution in [0.3, 0.4) is 0 Å². The summed E-state index contributed by atoms with van der Waals surface area (Å²) in [6, 6.07) is 16.5. The van der Waals surface area contributed by atoms with Crippen LogP contribution in [0.15, 0.2) is 68.1 Å². The third-order valence-electron chi connectivity index (χ3n) is 4.65. The van der Waals surface area contributed by atoms with E-state index in [0.717, 1.165) is 0 Å². The summed E-state index contributed by atoms with van der Waals surface area (Å²) in [7, 11) is 0. The fourth-order valence-corrected chi connectivity index (χ4v) is 8.48. The Balaban J connectivity index is 1.28. The van der Waals surface area contributed by atoms with Crippen LogP contribution in [0.4, 0.5) is 0 Å². The highest BCUT2D eigenvalue weighted by Gasteiger charge is 2.47. The van der Waals surface area contributed by atoms with Crippen molar-refractivity contribution in [3.8, 4) is 0 Å². The lowest BCUT2D eigenvalue weighted by Gasteiger charge is -2.27. The molecular weight excluding hydrogens is 432 g/mol. The molecule has 4 atom stereocenters. The van der Waals surface area contributed by atoms with Crippen LogP contribution in [0, 0.1) is 6.92 Å². The Hall–Kier alpha value is -0.320. The van der Waals surface area contributed by atoms with Crippen molar-refractivity contribution in [2.45, 2.75) is 53.5 Å². The molecule has 3 heterocycles. The zero-order chi connectivity index (χ0) is 19.1. The third kappa shape index (κ3) is 3.86. The second kappa shape index (κ2) is 8.43. The quantitative estimate of drug-likeness (QED) is 0.710. The van der Waals surface area contributed by atoms with Crippen LogP contribution in [0.25, 0.3) is 0 Å². The highest BCUT2D eigenvalue weighted by Crippen LogP contribution is 2.51. The molecule has 1 fully saturated rings. The van der Waals surface area contributed by atoms with Gasteiger partial charge in [-0.05, 0) is 31.2 Å². The van der Waals surface area contributed by atoms with Gasteiger partial charge in [-0.25, -0.2) is 0 Å². The minimum atomic E-state index is -0.633. The largest absolute Gasteiger partial charge is 0.394 e. The molecule has 0 bridgehead atoms. The van der Waals surface area contributed by atoms with E-state index in [9.17, 15) is 5.11 Å². The average molecular weight is 451 g/mol. The smallest absolute Gasteiger partial charge is 0.159 e. The molecule has 1 saturated heterocycles. The molecule has 2 radical (unpaired) electrons. The van der Waals surface area contributed by atoms with E-state index in [1.165, 1.54) is 19.6 Å². The first-order valence-electron chi connectivity index (χ1n) is 8.89.